The molecule has 4 rings (SSSR count). The van der Waals surface area contributed by atoms with E-state index in [2.05, 4.69) is 10.6 Å². The van der Waals surface area contributed by atoms with Crippen molar-refractivity contribution in [3.05, 3.63) is 37.7 Å². The summed E-state index contributed by atoms with van der Waals surface area (Å²) in [5, 5.41) is 5.50. The molecule has 11 nitrogen and oxygen atoms in total. The average Bonchev–Trinajstić information content (AvgIpc) is 3.53. The maximum atomic E-state index is 15.6. The molecule has 0 bridgehead atoms. The zero-order valence-electron chi connectivity index (χ0n) is 23.7. The van der Waals surface area contributed by atoms with Gasteiger partial charge in [-0.3, -0.25) is 14.2 Å². The lowest BCUT2D eigenvalue weighted by atomic mass is 10.2. The van der Waals surface area contributed by atoms with Gasteiger partial charge in [0.25, 0.3) is 5.56 Å². The molecule has 2 aromatic rings. The van der Waals surface area contributed by atoms with Crippen LogP contribution in [0.25, 0.3) is 10.9 Å². The number of alkyl carbamates (subject to hydrolysis) is 1. The Morgan fingerprint density at radius 3 is 2.33 bits per heavy atom. The van der Waals surface area contributed by atoms with Crippen LogP contribution in [0.3, 0.4) is 0 Å². The smallest absolute Gasteiger partial charge is 0.409 e. The average molecular weight is 582 g/mol. The number of hydrogen-bond acceptors (Lipinski definition) is 8. The summed E-state index contributed by atoms with van der Waals surface area (Å²) in [7, 11) is 0. The molecule has 2 N–H and O–H groups in total. The molecule has 1 aromatic carbocycles. The molecule has 2 aliphatic rings. The topological polar surface area (TPSA) is 124 Å². The molecular weight excluding hydrogens is 545 g/mol. The molecule has 1 aliphatic heterocycles. The van der Waals surface area contributed by atoms with Crippen LogP contribution < -0.4 is 26.8 Å². The summed E-state index contributed by atoms with van der Waals surface area (Å²) in [6, 6.07) is 0.792. The van der Waals surface area contributed by atoms with Gasteiger partial charge in [-0.25, -0.2) is 18.5 Å². The minimum Gasteiger partial charge on any atom is -0.459 e. The normalized spacial score (nSPS) is 17.8. The highest BCUT2D eigenvalue weighted by Gasteiger charge is 2.33. The summed E-state index contributed by atoms with van der Waals surface area (Å²) < 4.78 is 28.4. The molecule has 2 heterocycles. The van der Waals surface area contributed by atoms with Gasteiger partial charge < -0.3 is 25.0 Å². The first-order valence-electron chi connectivity index (χ1n) is 13.4. The zero-order chi connectivity index (χ0) is 29.6. The number of benzene rings is 1. The number of carbonyl (C=O) groups is 2. The van der Waals surface area contributed by atoms with Crippen molar-refractivity contribution in [2.75, 3.05) is 24.5 Å². The van der Waals surface area contributed by atoms with E-state index in [9.17, 15) is 19.2 Å². The second-order valence-corrected chi connectivity index (χ2v) is 12.6. The Morgan fingerprint density at radius 1 is 1.07 bits per heavy atom. The summed E-state index contributed by atoms with van der Waals surface area (Å²) in [6.07, 6.45) is 1.25. The van der Waals surface area contributed by atoms with Gasteiger partial charge in [0.1, 0.15) is 23.7 Å². The lowest BCUT2D eigenvalue weighted by Crippen LogP contribution is -2.45. The van der Waals surface area contributed by atoms with Crippen LogP contribution in [0.15, 0.2) is 15.7 Å². The maximum absolute atomic E-state index is 15.6. The van der Waals surface area contributed by atoms with Crippen LogP contribution in [0.5, 0.6) is 0 Å². The maximum Gasteiger partial charge on any atom is 0.409 e. The van der Waals surface area contributed by atoms with Crippen molar-refractivity contribution < 1.29 is 23.5 Å². The van der Waals surface area contributed by atoms with Crippen LogP contribution in [0, 0.1) is 5.82 Å². The van der Waals surface area contributed by atoms with Crippen LogP contribution in [0.1, 0.15) is 66.8 Å². The van der Waals surface area contributed by atoms with Crippen LogP contribution in [0.2, 0.25) is 5.02 Å². The minimum atomic E-state index is -0.791. The molecule has 1 aromatic heterocycles. The fourth-order valence-corrected chi connectivity index (χ4v) is 5.15. The van der Waals surface area contributed by atoms with Gasteiger partial charge in [0, 0.05) is 25.2 Å². The van der Waals surface area contributed by atoms with Crippen LogP contribution in [0.4, 0.5) is 14.9 Å². The third kappa shape index (κ3) is 6.77. The molecule has 2 fully saturated rings. The molecule has 1 amide bonds. The van der Waals surface area contributed by atoms with Crippen molar-refractivity contribution in [2.45, 2.75) is 90.8 Å². The van der Waals surface area contributed by atoms with Crippen molar-refractivity contribution in [3.8, 4) is 0 Å². The molecular formula is C27H37ClFN5O6. The third-order valence-corrected chi connectivity index (χ3v) is 6.83. The van der Waals surface area contributed by atoms with Gasteiger partial charge >= 0.3 is 17.8 Å². The molecule has 1 atom stereocenters. The van der Waals surface area contributed by atoms with E-state index < -0.39 is 41.0 Å². The number of hydrogen-bond donors (Lipinski definition) is 2. The summed E-state index contributed by atoms with van der Waals surface area (Å²) in [6.45, 7) is 10.9. The number of anilines is 1. The van der Waals surface area contributed by atoms with Crippen molar-refractivity contribution in [1.29, 1.82) is 0 Å². The number of aromatic nitrogens is 2. The highest BCUT2D eigenvalue weighted by molar-refractivity contribution is 6.38. The number of nitrogens with zero attached hydrogens (tertiary/aromatic N) is 3. The lowest BCUT2D eigenvalue weighted by molar-refractivity contribution is -0.153. The number of halogens is 2. The van der Waals surface area contributed by atoms with E-state index in [4.69, 9.17) is 21.1 Å². The van der Waals surface area contributed by atoms with Crippen molar-refractivity contribution in [2.24, 2.45) is 0 Å². The first kappa shape index (κ1) is 29.9. The van der Waals surface area contributed by atoms with E-state index in [-0.39, 0.29) is 46.2 Å². The van der Waals surface area contributed by atoms with Gasteiger partial charge in [-0.05, 0) is 66.9 Å². The second-order valence-electron chi connectivity index (χ2n) is 12.3. The number of amides is 1. The number of carbonyl (C=O) groups excluding carboxylic acids is 2. The SMILES string of the molecule is CC(C)(C)OC(=O)CNC1CCN(c2c(F)cc3c(=O)n(CNC(=O)OC(C)(C)C)c(=O)n(C4CC4)c3c2Cl)C1. The Hall–Kier alpha value is -3.12. The monoisotopic (exact) mass is 581 g/mol. The number of fused-ring (bicyclic) bond motifs is 1. The molecule has 220 valence electrons. The largest absolute Gasteiger partial charge is 0.459 e. The molecule has 0 spiro atoms. The molecule has 13 heteroatoms. The molecule has 1 saturated heterocycles. The summed E-state index contributed by atoms with van der Waals surface area (Å²) in [4.78, 5) is 52.8. The van der Waals surface area contributed by atoms with Gasteiger partial charge in [0.15, 0.2) is 0 Å². The summed E-state index contributed by atoms with van der Waals surface area (Å²) >= 11 is 6.77. The number of esters is 1. The van der Waals surface area contributed by atoms with Gasteiger partial charge in [-0.15, -0.1) is 0 Å². The van der Waals surface area contributed by atoms with E-state index in [1.54, 1.807) is 46.4 Å². The van der Waals surface area contributed by atoms with E-state index in [0.717, 1.165) is 10.6 Å². The number of rotatable bonds is 7. The first-order chi connectivity index (χ1) is 18.6. The minimum absolute atomic E-state index is 0.0157. The lowest BCUT2D eigenvalue weighted by Gasteiger charge is -2.24. The van der Waals surface area contributed by atoms with Gasteiger partial charge in [-0.1, -0.05) is 11.6 Å². The Balaban J connectivity index is 1.62. The fourth-order valence-electron chi connectivity index (χ4n) is 4.75. The molecule has 1 unspecified atom stereocenters. The van der Waals surface area contributed by atoms with Crippen LogP contribution >= 0.6 is 11.6 Å². The summed E-state index contributed by atoms with van der Waals surface area (Å²) in [5.74, 6) is -1.08. The third-order valence-electron chi connectivity index (χ3n) is 6.47. The van der Waals surface area contributed by atoms with E-state index in [0.29, 0.717) is 32.4 Å². The van der Waals surface area contributed by atoms with Crippen LogP contribution in [-0.4, -0.2) is 58.1 Å². The van der Waals surface area contributed by atoms with Crippen molar-refractivity contribution in [3.63, 3.8) is 0 Å². The first-order valence-corrected chi connectivity index (χ1v) is 13.8. The summed E-state index contributed by atoms with van der Waals surface area (Å²) in [5.41, 5.74) is -2.49. The van der Waals surface area contributed by atoms with Crippen molar-refractivity contribution >= 4 is 40.3 Å². The Morgan fingerprint density at radius 2 is 1.73 bits per heavy atom. The van der Waals surface area contributed by atoms with Crippen molar-refractivity contribution in [1.82, 2.24) is 19.8 Å². The van der Waals surface area contributed by atoms with Gasteiger partial charge in [-0.2, -0.15) is 0 Å². The zero-order valence-corrected chi connectivity index (χ0v) is 24.5. The Labute approximate surface area is 236 Å². The molecule has 1 aliphatic carbocycles. The Kier molecular flexibility index (Phi) is 8.24. The molecule has 0 radical (unpaired) electrons. The van der Waals surface area contributed by atoms with E-state index >= 15 is 4.39 Å². The highest BCUT2D eigenvalue weighted by Crippen LogP contribution is 2.41. The van der Waals surface area contributed by atoms with E-state index in [1.165, 1.54) is 4.57 Å². The highest BCUT2D eigenvalue weighted by atomic mass is 35.5. The predicted octanol–water partition coefficient (Wildman–Crippen LogP) is 3.28. The number of ether oxygens (including phenoxy) is 2. The van der Waals surface area contributed by atoms with Gasteiger partial charge in [0.05, 0.1) is 28.2 Å². The molecule has 1 saturated carbocycles. The Bertz CT molecular complexity index is 1440. The predicted molar refractivity (Wildman–Crippen MR) is 150 cm³/mol. The fraction of sp³-hybridized carbons (Fsp3) is 0.630. The van der Waals surface area contributed by atoms with Crippen LogP contribution in [-0.2, 0) is 20.9 Å². The quantitative estimate of drug-likeness (QED) is 0.478. The van der Waals surface area contributed by atoms with Gasteiger partial charge in [0.2, 0.25) is 0 Å². The van der Waals surface area contributed by atoms with E-state index in [1.807, 2.05) is 0 Å². The molecule has 40 heavy (non-hydrogen) atoms. The standard InChI is InChI=1S/C27H37ClFN5O6/c1-26(2,3)39-19(35)12-30-15-9-10-32(13-15)22-18(29)11-17-21(20(22)28)34(16-7-8-16)25(38)33(23(17)36)14-31-24(37)40-27(4,5)6/h11,15-16,30H,7-10,12-14H2,1-6H3,(H,31,37). The number of nitrogens with one attached hydrogen (secondary N) is 2. The second kappa shape index (κ2) is 11.0.